The lowest BCUT2D eigenvalue weighted by molar-refractivity contribution is 0.0888. The fourth-order valence-corrected chi connectivity index (χ4v) is 4.41. The van der Waals surface area contributed by atoms with E-state index in [-0.39, 0.29) is 57.8 Å². The molecule has 4 N–H and O–H groups in total. The van der Waals surface area contributed by atoms with Gasteiger partial charge < -0.3 is 34.3 Å². The standard InChI is InChI=1S/C24H26O8/c1-10(2)12(26)6-11-18-15(8-14(28)22(11)30-5)32-23-19(21(18)29)13(27)7-16-20(23)24(3,4)17(9-25)31-16/h7-8,12,17,25-28H,1,6,9H2,2-5H3. The van der Waals surface area contributed by atoms with Gasteiger partial charge in [-0.25, -0.2) is 0 Å². The van der Waals surface area contributed by atoms with Crippen LogP contribution in [0, 0.1) is 0 Å². The molecule has 2 heterocycles. The van der Waals surface area contributed by atoms with Crippen molar-refractivity contribution in [3.8, 4) is 23.0 Å². The number of ether oxygens (including phenoxy) is 2. The van der Waals surface area contributed by atoms with Gasteiger partial charge >= 0.3 is 0 Å². The highest BCUT2D eigenvalue weighted by molar-refractivity contribution is 5.99. The van der Waals surface area contributed by atoms with Crippen LogP contribution in [0.25, 0.3) is 21.9 Å². The largest absolute Gasteiger partial charge is 0.507 e. The van der Waals surface area contributed by atoms with Gasteiger partial charge in [-0.05, 0) is 6.92 Å². The SMILES string of the molecule is C=C(C)C(O)Cc1c(OC)c(O)cc2oc3c4c(cc(O)c3c(=O)c12)OC(CO)C4(C)C. The van der Waals surface area contributed by atoms with Crippen molar-refractivity contribution in [1.82, 2.24) is 0 Å². The third-order valence-electron chi connectivity index (χ3n) is 6.27. The molecule has 0 saturated carbocycles. The quantitative estimate of drug-likeness (QED) is 0.351. The van der Waals surface area contributed by atoms with Crippen molar-refractivity contribution in [3.05, 3.63) is 45.6 Å². The minimum Gasteiger partial charge on any atom is -0.507 e. The average molecular weight is 442 g/mol. The third kappa shape index (κ3) is 3.02. The predicted molar refractivity (Wildman–Crippen MR) is 119 cm³/mol. The molecule has 0 spiro atoms. The number of methoxy groups -OCH3 is 1. The lowest BCUT2D eigenvalue weighted by Crippen LogP contribution is -2.35. The van der Waals surface area contributed by atoms with Crippen LogP contribution in [0.1, 0.15) is 31.9 Å². The van der Waals surface area contributed by atoms with E-state index in [2.05, 4.69) is 6.58 Å². The highest BCUT2D eigenvalue weighted by atomic mass is 16.5. The van der Waals surface area contributed by atoms with Crippen LogP contribution in [-0.4, -0.2) is 46.4 Å². The van der Waals surface area contributed by atoms with Crippen molar-refractivity contribution < 1.29 is 34.3 Å². The molecule has 1 aliphatic heterocycles. The summed E-state index contributed by atoms with van der Waals surface area (Å²) in [6.07, 6.45) is -1.63. The van der Waals surface area contributed by atoms with Crippen LogP contribution in [0.2, 0.25) is 0 Å². The summed E-state index contributed by atoms with van der Waals surface area (Å²) in [6, 6.07) is 2.62. The molecule has 8 heteroatoms. The second-order valence-electron chi connectivity index (χ2n) is 8.76. The third-order valence-corrected chi connectivity index (χ3v) is 6.27. The normalized spacial score (nSPS) is 17.9. The summed E-state index contributed by atoms with van der Waals surface area (Å²) in [5.74, 6) is -0.236. The predicted octanol–water partition coefficient (Wildman–Crippen LogP) is 2.88. The first-order chi connectivity index (χ1) is 15.0. The van der Waals surface area contributed by atoms with Gasteiger partial charge in [-0.1, -0.05) is 26.0 Å². The molecule has 32 heavy (non-hydrogen) atoms. The minimum absolute atomic E-state index is 0.0362. The zero-order valence-electron chi connectivity index (χ0n) is 18.4. The smallest absolute Gasteiger partial charge is 0.204 e. The first-order valence-corrected chi connectivity index (χ1v) is 10.2. The molecule has 2 atom stereocenters. The van der Waals surface area contributed by atoms with Crippen molar-refractivity contribution in [2.45, 2.75) is 44.8 Å². The van der Waals surface area contributed by atoms with E-state index in [0.29, 0.717) is 16.9 Å². The molecule has 3 aromatic rings. The summed E-state index contributed by atoms with van der Waals surface area (Å²) in [6.45, 7) is 8.82. The number of phenols is 2. The number of hydrogen-bond donors (Lipinski definition) is 4. The molecule has 0 aliphatic carbocycles. The van der Waals surface area contributed by atoms with Crippen LogP contribution in [0.15, 0.2) is 33.5 Å². The lowest BCUT2D eigenvalue weighted by atomic mass is 9.80. The van der Waals surface area contributed by atoms with Gasteiger partial charge in [-0.3, -0.25) is 4.79 Å². The summed E-state index contributed by atoms with van der Waals surface area (Å²) in [5, 5.41) is 41.4. The molecule has 0 fully saturated rings. The monoisotopic (exact) mass is 442 g/mol. The number of fused-ring (bicyclic) bond motifs is 4. The maximum Gasteiger partial charge on any atom is 0.204 e. The number of aliphatic hydroxyl groups is 2. The van der Waals surface area contributed by atoms with Crippen LogP contribution in [0.3, 0.4) is 0 Å². The van der Waals surface area contributed by atoms with Crippen molar-refractivity contribution in [2.75, 3.05) is 13.7 Å². The molecular weight excluding hydrogens is 416 g/mol. The molecule has 0 bridgehead atoms. The molecule has 8 nitrogen and oxygen atoms in total. The molecule has 0 amide bonds. The number of rotatable bonds is 5. The molecule has 2 unspecified atom stereocenters. The number of aromatic hydroxyl groups is 2. The summed E-state index contributed by atoms with van der Waals surface area (Å²) in [5.41, 5.74) is 0.206. The van der Waals surface area contributed by atoms with E-state index in [9.17, 15) is 25.2 Å². The van der Waals surface area contributed by atoms with Crippen molar-refractivity contribution in [1.29, 1.82) is 0 Å². The Morgan fingerprint density at radius 3 is 2.53 bits per heavy atom. The lowest BCUT2D eigenvalue weighted by Gasteiger charge is -2.24. The Morgan fingerprint density at radius 1 is 1.25 bits per heavy atom. The first kappa shape index (κ1) is 22.0. The number of phenolic OH excluding ortho intramolecular Hbond substituents is 2. The van der Waals surface area contributed by atoms with E-state index >= 15 is 0 Å². The van der Waals surface area contributed by atoms with Crippen molar-refractivity contribution >= 4 is 21.9 Å². The second kappa shape index (κ2) is 7.43. The summed E-state index contributed by atoms with van der Waals surface area (Å²) in [7, 11) is 1.35. The van der Waals surface area contributed by atoms with Crippen LogP contribution in [-0.2, 0) is 11.8 Å². The van der Waals surface area contributed by atoms with E-state index in [1.165, 1.54) is 19.2 Å². The zero-order chi connectivity index (χ0) is 23.5. The molecule has 1 aliphatic rings. The molecule has 0 saturated heterocycles. The first-order valence-electron chi connectivity index (χ1n) is 10.2. The van der Waals surface area contributed by atoms with Crippen LogP contribution in [0.4, 0.5) is 0 Å². The minimum atomic E-state index is -0.990. The summed E-state index contributed by atoms with van der Waals surface area (Å²) < 4.78 is 17.2. The highest BCUT2D eigenvalue weighted by Crippen LogP contribution is 2.49. The van der Waals surface area contributed by atoms with Crippen molar-refractivity contribution in [3.63, 3.8) is 0 Å². The molecule has 0 radical (unpaired) electrons. The Kier molecular flexibility index (Phi) is 5.10. The van der Waals surface area contributed by atoms with Gasteiger partial charge in [0.05, 0.1) is 25.2 Å². The van der Waals surface area contributed by atoms with E-state index in [1.807, 2.05) is 13.8 Å². The number of aliphatic hydroxyl groups excluding tert-OH is 2. The maximum absolute atomic E-state index is 13.7. The Hall–Kier alpha value is -3.23. The van der Waals surface area contributed by atoms with Crippen LogP contribution in [0.5, 0.6) is 23.0 Å². The Balaban J connectivity index is 2.15. The van der Waals surface area contributed by atoms with Crippen LogP contribution >= 0.6 is 0 Å². The van der Waals surface area contributed by atoms with Gasteiger partial charge in [0.1, 0.15) is 34.2 Å². The Labute approximate surface area is 183 Å². The van der Waals surface area contributed by atoms with Crippen molar-refractivity contribution in [2.24, 2.45) is 0 Å². The summed E-state index contributed by atoms with van der Waals surface area (Å²) >= 11 is 0. The average Bonchev–Trinajstić information content (AvgIpc) is 2.96. The molecule has 4 rings (SSSR count). The maximum atomic E-state index is 13.7. The fraction of sp³-hybridized carbons (Fsp3) is 0.375. The van der Waals surface area contributed by atoms with E-state index in [1.54, 1.807) is 6.92 Å². The second-order valence-corrected chi connectivity index (χ2v) is 8.76. The Bertz CT molecular complexity index is 1320. The van der Waals surface area contributed by atoms with E-state index < -0.39 is 23.1 Å². The van der Waals surface area contributed by atoms with Gasteiger partial charge in [-0.15, -0.1) is 0 Å². The molecule has 170 valence electrons. The topological polar surface area (TPSA) is 130 Å². The molecular formula is C24H26O8. The van der Waals surface area contributed by atoms with Gasteiger partial charge in [0.15, 0.2) is 11.5 Å². The zero-order valence-corrected chi connectivity index (χ0v) is 18.4. The molecule has 1 aromatic heterocycles. The van der Waals surface area contributed by atoms with Gasteiger partial charge in [-0.2, -0.15) is 0 Å². The Morgan fingerprint density at radius 2 is 1.94 bits per heavy atom. The van der Waals surface area contributed by atoms with E-state index in [4.69, 9.17) is 13.9 Å². The number of benzene rings is 2. The van der Waals surface area contributed by atoms with Crippen LogP contribution < -0.4 is 14.9 Å². The van der Waals surface area contributed by atoms with E-state index in [0.717, 1.165) is 0 Å². The number of hydrogen-bond acceptors (Lipinski definition) is 8. The fourth-order valence-electron chi connectivity index (χ4n) is 4.41. The molecule has 2 aromatic carbocycles. The summed E-state index contributed by atoms with van der Waals surface area (Å²) in [4.78, 5) is 13.7. The van der Waals surface area contributed by atoms with Gasteiger partial charge in [0.25, 0.3) is 0 Å². The highest BCUT2D eigenvalue weighted by Gasteiger charge is 2.44. The van der Waals surface area contributed by atoms with Gasteiger partial charge in [0.2, 0.25) is 5.43 Å². The van der Waals surface area contributed by atoms with Gasteiger partial charge in [0, 0.05) is 35.1 Å².